The average molecular weight is 295 g/mol. The van der Waals surface area contributed by atoms with Gasteiger partial charge in [0.15, 0.2) is 0 Å². The molecule has 21 heavy (non-hydrogen) atoms. The van der Waals surface area contributed by atoms with Crippen LogP contribution < -0.4 is 16.0 Å². The number of hydrogen-bond donors (Lipinski definition) is 2. The molecule has 0 saturated carbocycles. The largest absolute Gasteiger partial charge is 0.362 e. The van der Waals surface area contributed by atoms with Crippen molar-refractivity contribution in [2.75, 3.05) is 24.5 Å². The molecule has 1 amide bonds. The van der Waals surface area contributed by atoms with Crippen LogP contribution in [0.4, 0.5) is 10.1 Å². The van der Waals surface area contributed by atoms with Gasteiger partial charge in [-0.1, -0.05) is 13.8 Å². The van der Waals surface area contributed by atoms with Gasteiger partial charge < -0.3 is 16.0 Å². The van der Waals surface area contributed by atoms with Crippen LogP contribution in [0.2, 0.25) is 0 Å². The second kappa shape index (κ2) is 9.34. The minimum absolute atomic E-state index is 0.00922. The van der Waals surface area contributed by atoms with Crippen molar-refractivity contribution in [3.8, 4) is 0 Å². The van der Waals surface area contributed by atoms with Crippen molar-refractivity contribution in [2.45, 2.75) is 39.2 Å². The Kier molecular flexibility index (Phi) is 7.75. The standard InChI is InChI=1S/C16H26FN3O/c1-3-14(4-2)19-16(21)12-20(11-5-10-18)15-8-6-13(17)7-9-15/h6-9,14H,3-5,10-12,18H2,1-2H3,(H,19,21). The van der Waals surface area contributed by atoms with E-state index in [-0.39, 0.29) is 24.3 Å². The summed E-state index contributed by atoms with van der Waals surface area (Å²) in [6.07, 6.45) is 2.62. The van der Waals surface area contributed by atoms with Crippen LogP contribution >= 0.6 is 0 Å². The lowest BCUT2D eigenvalue weighted by molar-refractivity contribution is -0.120. The quantitative estimate of drug-likeness (QED) is 0.735. The van der Waals surface area contributed by atoms with E-state index in [1.165, 1.54) is 12.1 Å². The lowest BCUT2D eigenvalue weighted by Crippen LogP contribution is -2.42. The lowest BCUT2D eigenvalue weighted by Gasteiger charge is -2.25. The number of halogens is 1. The van der Waals surface area contributed by atoms with Gasteiger partial charge in [0.25, 0.3) is 0 Å². The maximum Gasteiger partial charge on any atom is 0.239 e. The van der Waals surface area contributed by atoms with Gasteiger partial charge >= 0.3 is 0 Å². The van der Waals surface area contributed by atoms with Crippen molar-refractivity contribution < 1.29 is 9.18 Å². The molecule has 0 aliphatic carbocycles. The van der Waals surface area contributed by atoms with Crippen LogP contribution in [-0.4, -0.2) is 31.6 Å². The van der Waals surface area contributed by atoms with Gasteiger partial charge in [-0.05, 0) is 50.1 Å². The number of carbonyl (C=O) groups is 1. The summed E-state index contributed by atoms with van der Waals surface area (Å²) in [5, 5.41) is 3.02. The Morgan fingerprint density at radius 3 is 2.43 bits per heavy atom. The smallest absolute Gasteiger partial charge is 0.239 e. The maximum atomic E-state index is 13.0. The molecule has 0 bridgehead atoms. The molecule has 3 N–H and O–H groups in total. The third-order valence-electron chi connectivity index (χ3n) is 3.51. The van der Waals surface area contributed by atoms with E-state index in [1.54, 1.807) is 12.1 Å². The van der Waals surface area contributed by atoms with Gasteiger partial charge in [0, 0.05) is 18.3 Å². The molecule has 1 aromatic rings. The van der Waals surface area contributed by atoms with Crippen molar-refractivity contribution in [3.63, 3.8) is 0 Å². The number of hydrogen-bond acceptors (Lipinski definition) is 3. The molecule has 0 heterocycles. The minimum atomic E-state index is -0.279. The Balaban J connectivity index is 2.69. The van der Waals surface area contributed by atoms with Crippen LogP contribution in [0.25, 0.3) is 0 Å². The Morgan fingerprint density at radius 2 is 1.90 bits per heavy atom. The molecule has 0 unspecified atom stereocenters. The summed E-state index contributed by atoms with van der Waals surface area (Å²) < 4.78 is 13.0. The second-order valence-electron chi connectivity index (χ2n) is 5.12. The first-order valence-electron chi connectivity index (χ1n) is 7.60. The zero-order valence-electron chi connectivity index (χ0n) is 12.9. The fourth-order valence-electron chi connectivity index (χ4n) is 2.17. The summed E-state index contributed by atoms with van der Waals surface area (Å²) in [5.41, 5.74) is 6.38. The van der Waals surface area contributed by atoms with Gasteiger partial charge in [0.2, 0.25) is 5.91 Å². The first-order valence-corrected chi connectivity index (χ1v) is 7.60. The summed E-state index contributed by atoms with van der Waals surface area (Å²) in [6, 6.07) is 6.40. The zero-order valence-corrected chi connectivity index (χ0v) is 12.9. The van der Waals surface area contributed by atoms with Crippen molar-refractivity contribution in [2.24, 2.45) is 5.73 Å². The molecule has 0 radical (unpaired) electrons. The summed E-state index contributed by atoms with van der Waals surface area (Å²) in [6.45, 7) is 5.62. The Hall–Kier alpha value is -1.62. The number of amides is 1. The average Bonchev–Trinajstić information content (AvgIpc) is 2.50. The summed E-state index contributed by atoms with van der Waals surface area (Å²) in [4.78, 5) is 14.1. The van der Waals surface area contributed by atoms with E-state index in [4.69, 9.17) is 5.73 Å². The summed E-state index contributed by atoms with van der Waals surface area (Å²) in [5.74, 6) is -0.288. The van der Waals surface area contributed by atoms with Crippen molar-refractivity contribution in [3.05, 3.63) is 30.1 Å². The van der Waals surface area contributed by atoms with E-state index in [1.807, 2.05) is 4.90 Å². The van der Waals surface area contributed by atoms with Crippen molar-refractivity contribution in [1.29, 1.82) is 0 Å². The van der Waals surface area contributed by atoms with Crippen molar-refractivity contribution in [1.82, 2.24) is 5.32 Å². The van der Waals surface area contributed by atoms with Gasteiger partial charge in [-0.3, -0.25) is 4.79 Å². The summed E-state index contributed by atoms with van der Waals surface area (Å²) >= 11 is 0. The van der Waals surface area contributed by atoms with Crippen LogP contribution in [-0.2, 0) is 4.79 Å². The summed E-state index contributed by atoms with van der Waals surface area (Å²) in [7, 11) is 0. The number of carbonyl (C=O) groups excluding carboxylic acids is 1. The molecule has 0 fully saturated rings. The van der Waals surface area contributed by atoms with Gasteiger partial charge in [-0.15, -0.1) is 0 Å². The molecular formula is C16H26FN3O. The van der Waals surface area contributed by atoms with Crippen LogP contribution in [0.5, 0.6) is 0 Å². The van der Waals surface area contributed by atoms with Crippen LogP contribution in [0.1, 0.15) is 33.1 Å². The highest BCUT2D eigenvalue weighted by atomic mass is 19.1. The van der Waals surface area contributed by atoms with Gasteiger partial charge in [-0.25, -0.2) is 4.39 Å². The van der Waals surface area contributed by atoms with Gasteiger partial charge in [0.05, 0.1) is 6.54 Å². The monoisotopic (exact) mass is 295 g/mol. The number of nitrogens with zero attached hydrogens (tertiary/aromatic N) is 1. The fraction of sp³-hybridized carbons (Fsp3) is 0.562. The van der Waals surface area contributed by atoms with E-state index >= 15 is 0 Å². The minimum Gasteiger partial charge on any atom is -0.362 e. The van der Waals surface area contributed by atoms with E-state index in [2.05, 4.69) is 19.2 Å². The SMILES string of the molecule is CCC(CC)NC(=O)CN(CCCN)c1ccc(F)cc1. The molecule has 0 spiro atoms. The molecule has 0 aromatic heterocycles. The van der Waals surface area contributed by atoms with E-state index in [9.17, 15) is 9.18 Å². The highest BCUT2D eigenvalue weighted by Gasteiger charge is 2.14. The third kappa shape index (κ3) is 6.12. The third-order valence-corrected chi connectivity index (χ3v) is 3.51. The molecule has 0 atom stereocenters. The molecule has 0 aliphatic heterocycles. The lowest BCUT2D eigenvalue weighted by atomic mass is 10.2. The highest BCUT2D eigenvalue weighted by Crippen LogP contribution is 2.15. The number of nitrogens with one attached hydrogen (secondary N) is 1. The van der Waals surface area contributed by atoms with Crippen LogP contribution in [0.15, 0.2) is 24.3 Å². The normalized spacial score (nSPS) is 10.7. The first kappa shape index (κ1) is 17.4. The molecule has 1 rings (SSSR count). The van der Waals surface area contributed by atoms with Crippen LogP contribution in [0.3, 0.4) is 0 Å². The Labute approximate surface area is 126 Å². The molecule has 4 nitrogen and oxygen atoms in total. The number of benzene rings is 1. The number of anilines is 1. The van der Waals surface area contributed by atoms with E-state index < -0.39 is 0 Å². The molecule has 5 heteroatoms. The zero-order chi connectivity index (χ0) is 15.7. The van der Waals surface area contributed by atoms with Gasteiger partial charge in [0.1, 0.15) is 5.82 Å². The van der Waals surface area contributed by atoms with Crippen LogP contribution in [0, 0.1) is 5.82 Å². The molecule has 1 aromatic carbocycles. The number of rotatable bonds is 9. The highest BCUT2D eigenvalue weighted by molar-refractivity contribution is 5.81. The van der Waals surface area contributed by atoms with Crippen molar-refractivity contribution >= 4 is 11.6 Å². The molecule has 118 valence electrons. The number of nitrogens with two attached hydrogens (primary N) is 1. The Morgan fingerprint density at radius 1 is 1.29 bits per heavy atom. The topological polar surface area (TPSA) is 58.4 Å². The maximum absolute atomic E-state index is 13.0. The Bertz CT molecular complexity index is 418. The predicted octanol–water partition coefficient (Wildman–Crippen LogP) is 2.29. The molecule has 0 saturated heterocycles. The van der Waals surface area contributed by atoms with E-state index in [0.29, 0.717) is 13.1 Å². The predicted molar refractivity (Wildman–Crippen MR) is 84.8 cm³/mol. The first-order chi connectivity index (χ1) is 10.1. The van der Waals surface area contributed by atoms with E-state index in [0.717, 1.165) is 24.9 Å². The second-order valence-corrected chi connectivity index (χ2v) is 5.12. The molecular weight excluding hydrogens is 269 g/mol. The van der Waals surface area contributed by atoms with Gasteiger partial charge in [-0.2, -0.15) is 0 Å². The molecule has 0 aliphatic rings. The fourth-order valence-corrected chi connectivity index (χ4v) is 2.17.